The highest BCUT2D eigenvalue weighted by Gasteiger charge is 2.24. The van der Waals surface area contributed by atoms with Crippen LogP contribution in [0.3, 0.4) is 0 Å². The third-order valence-electron chi connectivity index (χ3n) is 4.15. The lowest BCUT2D eigenvalue weighted by atomic mass is 10.1. The number of aryl methyl sites for hydroxylation is 1. The van der Waals surface area contributed by atoms with Gasteiger partial charge in [-0.3, -0.25) is 9.82 Å². The van der Waals surface area contributed by atoms with Crippen LogP contribution in [0.1, 0.15) is 5.82 Å². The number of aromatic amines is 1. The molecular formula is C18H13Cl2FN6O3S2. The average Bonchev–Trinajstić information content (AvgIpc) is 3.33. The van der Waals surface area contributed by atoms with Crippen molar-refractivity contribution < 1.29 is 17.5 Å². The zero-order chi connectivity index (χ0) is 23.0. The second kappa shape index (κ2) is 8.54. The van der Waals surface area contributed by atoms with E-state index in [1.807, 2.05) is 0 Å². The number of sulfonamides is 1. The Hall–Kier alpha value is -2.93. The Kier molecular flexibility index (Phi) is 5.95. The van der Waals surface area contributed by atoms with Crippen LogP contribution >= 0.6 is 34.7 Å². The van der Waals surface area contributed by atoms with Crippen LogP contribution in [0.2, 0.25) is 10.0 Å². The molecule has 0 spiro atoms. The molecule has 4 N–H and O–H groups in total. The van der Waals surface area contributed by atoms with Gasteiger partial charge < -0.3 is 10.5 Å². The molecule has 0 saturated heterocycles. The molecule has 0 radical (unpaired) electrons. The molecule has 2 heterocycles. The predicted molar refractivity (Wildman–Crippen MR) is 120 cm³/mol. The maximum Gasteiger partial charge on any atom is 0.266 e. The average molecular weight is 515 g/mol. The van der Waals surface area contributed by atoms with Crippen molar-refractivity contribution in [3.05, 3.63) is 58.2 Å². The maximum absolute atomic E-state index is 14.8. The lowest BCUT2D eigenvalue weighted by molar-refractivity contribution is 0.475. The molecule has 0 aliphatic rings. The van der Waals surface area contributed by atoms with Crippen LogP contribution in [0.5, 0.6) is 11.5 Å². The summed E-state index contributed by atoms with van der Waals surface area (Å²) in [5.41, 5.74) is 6.85. The second-order valence-corrected chi connectivity index (χ2v) is 9.64. The summed E-state index contributed by atoms with van der Waals surface area (Å²) in [4.78, 5) is 3.24. The molecule has 0 saturated carbocycles. The molecule has 0 aliphatic carbocycles. The van der Waals surface area contributed by atoms with Crippen molar-refractivity contribution in [2.75, 3.05) is 10.5 Å². The van der Waals surface area contributed by atoms with Crippen LogP contribution in [0.15, 0.2) is 41.4 Å². The molecule has 0 bridgehead atoms. The van der Waals surface area contributed by atoms with Crippen molar-refractivity contribution in [3.8, 4) is 22.6 Å². The maximum atomic E-state index is 14.8. The Labute approximate surface area is 195 Å². The van der Waals surface area contributed by atoms with Gasteiger partial charge >= 0.3 is 0 Å². The first-order valence-electron chi connectivity index (χ1n) is 8.73. The number of H-pyrrole nitrogens is 1. The number of hydrogen-bond donors (Lipinski definition) is 3. The number of nitrogen functional groups attached to an aromatic ring is 1. The molecular weight excluding hydrogens is 502 g/mol. The molecule has 0 fully saturated rings. The van der Waals surface area contributed by atoms with Crippen molar-refractivity contribution in [2.45, 2.75) is 11.8 Å². The van der Waals surface area contributed by atoms with Gasteiger partial charge in [-0.2, -0.15) is 9.47 Å². The minimum absolute atomic E-state index is 0.00172. The summed E-state index contributed by atoms with van der Waals surface area (Å²) in [6.07, 6.45) is 1.55. The van der Waals surface area contributed by atoms with E-state index in [9.17, 15) is 12.8 Å². The summed E-state index contributed by atoms with van der Waals surface area (Å²) in [7, 11) is -4.30. The highest BCUT2D eigenvalue weighted by atomic mass is 35.5. The standard InChI is InChI=1S/C18H13Cl2FN6O3S2/c1-8-24-18(31-26-8)27-32(28,29)16-5-12(20)15(6-13(16)21)30-14-3-2-9(19)4-10(14)11-7-23-25-17(11)22/h2-7H,1H3,(H3,22,23,25)(H,24,26,27). The topological polar surface area (TPSA) is 136 Å². The fourth-order valence-corrected chi connectivity index (χ4v) is 5.06. The zero-order valence-electron chi connectivity index (χ0n) is 16.1. The minimum Gasteiger partial charge on any atom is -0.455 e. The summed E-state index contributed by atoms with van der Waals surface area (Å²) in [6, 6.07) is 6.52. The number of halogens is 3. The van der Waals surface area contributed by atoms with E-state index in [1.165, 1.54) is 0 Å². The third kappa shape index (κ3) is 4.48. The number of ether oxygens (including phenoxy) is 1. The van der Waals surface area contributed by atoms with Crippen molar-refractivity contribution in [2.24, 2.45) is 0 Å². The fraction of sp³-hybridized carbons (Fsp3) is 0.0556. The summed E-state index contributed by atoms with van der Waals surface area (Å²) in [5, 5.41) is 6.76. The van der Waals surface area contributed by atoms with Crippen LogP contribution in [-0.2, 0) is 10.0 Å². The quantitative estimate of drug-likeness (QED) is 0.334. The van der Waals surface area contributed by atoms with Crippen LogP contribution < -0.4 is 15.2 Å². The van der Waals surface area contributed by atoms with E-state index in [4.69, 9.17) is 33.7 Å². The zero-order valence-corrected chi connectivity index (χ0v) is 19.2. The van der Waals surface area contributed by atoms with Gasteiger partial charge in [-0.1, -0.05) is 23.2 Å². The molecule has 4 rings (SSSR count). The van der Waals surface area contributed by atoms with E-state index >= 15 is 0 Å². The monoisotopic (exact) mass is 514 g/mol. The first-order valence-corrected chi connectivity index (χ1v) is 11.7. The number of rotatable bonds is 6. The first-order chi connectivity index (χ1) is 15.1. The molecule has 2 aromatic carbocycles. The van der Waals surface area contributed by atoms with Crippen molar-refractivity contribution in [1.29, 1.82) is 0 Å². The SMILES string of the molecule is Cc1nsc(NS(=O)(=O)c2cc(Cl)c(Oc3ccc(Cl)cc3-c3c[nH]nc3N)cc2F)n1. The van der Waals surface area contributed by atoms with E-state index in [-0.39, 0.29) is 27.5 Å². The molecule has 9 nitrogen and oxygen atoms in total. The van der Waals surface area contributed by atoms with Gasteiger partial charge in [0.05, 0.1) is 5.02 Å². The predicted octanol–water partition coefficient (Wildman–Crippen LogP) is 4.86. The molecule has 0 unspecified atom stereocenters. The normalized spacial score (nSPS) is 11.5. The number of nitrogens with two attached hydrogens (primary N) is 1. The lowest BCUT2D eigenvalue weighted by Crippen LogP contribution is -2.14. The third-order valence-corrected chi connectivity index (χ3v) is 6.88. The number of anilines is 2. The number of aromatic nitrogens is 4. The van der Waals surface area contributed by atoms with E-state index in [0.717, 1.165) is 23.7 Å². The fourth-order valence-electron chi connectivity index (χ4n) is 2.74. The number of benzene rings is 2. The molecule has 4 aromatic rings. The summed E-state index contributed by atoms with van der Waals surface area (Å²) in [5.74, 6) is -0.348. The van der Waals surface area contributed by atoms with Gasteiger partial charge in [-0.15, -0.1) is 0 Å². The van der Waals surface area contributed by atoms with Gasteiger partial charge in [-0.25, -0.2) is 17.8 Å². The largest absolute Gasteiger partial charge is 0.455 e. The van der Waals surface area contributed by atoms with E-state index in [2.05, 4.69) is 24.3 Å². The molecule has 2 aromatic heterocycles. The highest BCUT2D eigenvalue weighted by molar-refractivity contribution is 7.93. The molecule has 0 atom stereocenters. The Morgan fingerprint density at radius 2 is 1.97 bits per heavy atom. The summed E-state index contributed by atoms with van der Waals surface area (Å²) < 4.78 is 51.8. The van der Waals surface area contributed by atoms with Gasteiger partial charge in [0.15, 0.2) is 5.82 Å². The van der Waals surface area contributed by atoms with Gasteiger partial charge in [0.2, 0.25) is 5.13 Å². The molecule has 32 heavy (non-hydrogen) atoms. The van der Waals surface area contributed by atoms with Gasteiger partial charge in [0.25, 0.3) is 10.0 Å². The van der Waals surface area contributed by atoms with Crippen molar-refractivity contribution in [3.63, 3.8) is 0 Å². The van der Waals surface area contributed by atoms with Gasteiger partial charge in [0, 0.05) is 39.9 Å². The lowest BCUT2D eigenvalue weighted by Gasteiger charge is -2.14. The van der Waals surface area contributed by atoms with E-state index < -0.39 is 20.7 Å². The summed E-state index contributed by atoms with van der Waals surface area (Å²) >= 11 is 13.1. The molecule has 0 aliphatic heterocycles. The molecule has 14 heteroatoms. The number of nitrogens with one attached hydrogen (secondary N) is 2. The molecule has 166 valence electrons. The van der Waals surface area contributed by atoms with E-state index in [1.54, 1.807) is 31.3 Å². The Bertz CT molecular complexity index is 1420. The Morgan fingerprint density at radius 3 is 2.62 bits per heavy atom. The first kappa shape index (κ1) is 22.3. The number of nitrogens with zero attached hydrogens (tertiary/aromatic N) is 3. The van der Waals surface area contributed by atoms with Gasteiger partial charge in [0.1, 0.15) is 28.0 Å². The van der Waals surface area contributed by atoms with E-state index in [0.29, 0.717) is 22.0 Å². The second-order valence-electron chi connectivity index (χ2n) is 6.39. The Morgan fingerprint density at radius 1 is 1.19 bits per heavy atom. The van der Waals surface area contributed by atoms with Crippen LogP contribution in [0.4, 0.5) is 15.3 Å². The highest BCUT2D eigenvalue weighted by Crippen LogP contribution is 2.40. The number of hydrogen-bond acceptors (Lipinski definition) is 8. The van der Waals surface area contributed by atoms with Crippen molar-refractivity contribution >= 4 is 55.7 Å². The molecule has 0 amide bonds. The minimum atomic E-state index is -4.30. The van der Waals surface area contributed by atoms with Crippen molar-refractivity contribution in [1.82, 2.24) is 19.6 Å². The van der Waals surface area contributed by atoms with Crippen LogP contribution in [-0.4, -0.2) is 28.0 Å². The summed E-state index contributed by atoms with van der Waals surface area (Å²) in [6.45, 7) is 1.60. The smallest absolute Gasteiger partial charge is 0.266 e. The van der Waals surface area contributed by atoms with Crippen LogP contribution in [0, 0.1) is 12.7 Å². The van der Waals surface area contributed by atoms with Crippen LogP contribution in [0.25, 0.3) is 11.1 Å². The van der Waals surface area contributed by atoms with Gasteiger partial charge in [-0.05, 0) is 31.2 Å². The Balaban J connectivity index is 1.69.